The highest BCUT2D eigenvalue weighted by atomic mass is 32.2. The van der Waals surface area contributed by atoms with Crippen LogP contribution in [0.1, 0.15) is 34.1 Å². The summed E-state index contributed by atoms with van der Waals surface area (Å²) in [7, 11) is 2.06. The summed E-state index contributed by atoms with van der Waals surface area (Å²) >= 11 is 1.77. The van der Waals surface area contributed by atoms with E-state index in [9.17, 15) is 9.90 Å². The average molecular weight is 530 g/mol. The molecule has 38 heavy (non-hydrogen) atoms. The molecule has 5 rings (SSSR count). The van der Waals surface area contributed by atoms with Crippen molar-refractivity contribution in [2.75, 3.05) is 23.7 Å². The SMILES string of the molecule is CCn1cc2c3c(cc(C(=O)N[C@@H](Cc4ccccc4)[C@H](O)CNCc4ccccn4)cc31)N(C)SCC2. The fraction of sp³-hybridized carbons (Fsp3) is 0.333. The number of benzene rings is 2. The maximum absolute atomic E-state index is 13.7. The van der Waals surface area contributed by atoms with Gasteiger partial charge in [0.2, 0.25) is 0 Å². The first-order valence-corrected chi connectivity index (χ1v) is 14.1. The van der Waals surface area contributed by atoms with Crippen molar-refractivity contribution in [3.8, 4) is 0 Å². The molecule has 0 bridgehead atoms. The van der Waals surface area contributed by atoms with Crippen molar-refractivity contribution >= 4 is 34.4 Å². The number of nitrogens with one attached hydrogen (secondary N) is 2. The maximum Gasteiger partial charge on any atom is 0.251 e. The summed E-state index contributed by atoms with van der Waals surface area (Å²) in [5.41, 5.74) is 6.04. The number of amides is 1. The van der Waals surface area contributed by atoms with Gasteiger partial charge in [-0.15, -0.1) is 0 Å². The van der Waals surface area contributed by atoms with Crippen molar-refractivity contribution in [3.63, 3.8) is 0 Å². The molecule has 1 aliphatic rings. The number of hydrogen-bond donors (Lipinski definition) is 3. The minimum Gasteiger partial charge on any atom is -0.390 e. The van der Waals surface area contributed by atoms with Gasteiger partial charge in [0.15, 0.2) is 0 Å². The minimum atomic E-state index is -0.780. The van der Waals surface area contributed by atoms with Crippen LogP contribution in [0.3, 0.4) is 0 Å². The predicted octanol–water partition coefficient (Wildman–Crippen LogP) is 4.19. The summed E-state index contributed by atoms with van der Waals surface area (Å²) in [6, 6.07) is 19.3. The van der Waals surface area contributed by atoms with Gasteiger partial charge in [-0.25, -0.2) is 0 Å². The van der Waals surface area contributed by atoms with Gasteiger partial charge in [-0.1, -0.05) is 36.4 Å². The third-order valence-electron chi connectivity index (χ3n) is 7.10. The number of aromatic nitrogens is 2. The molecule has 0 saturated carbocycles. The highest BCUT2D eigenvalue weighted by Gasteiger charge is 2.25. The zero-order valence-electron chi connectivity index (χ0n) is 21.9. The first-order valence-electron chi connectivity index (χ1n) is 13.2. The van der Waals surface area contributed by atoms with Crippen LogP contribution in [-0.4, -0.2) is 52.1 Å². The normalized spacial score (nSPS) is 14.8. The van der Waals surface area contributed by atoms with Crippen LogP contribution in [0.2, 0.25) is 0 Å². The lowest BCUT2D eigenvalue weighted by Gasteiger charge is -2.25. The largest absolute Gasteiger partial charge is 0.390 e. The van der Waals surface area contributed by atoms with Crippen molar-refractivity contribution in [3.05, 3.63) is 95.4 Å². The van der Waals surface area contributed by atoms with Crippen molar-refractivity contribution in [2.45, 2.75) is 45.0 Å². The first-order chi connectivity index (χ1) is 18.5. The summed E-state index contributed by atoms with van der Waals surface area (Å²) in [5, 5.41) is 18.9. The molecule has 0 unspecified atom stereocenters. The average Bonchev–Trinajstić information content (AvgIpc) is 3.22. The Labute approximate surface area is 228 Å². The Bertz CT molecular complexity index is 1380. The smallest absolute Gasteiger partial charge is 0.251 e. The predicted molar refractivity (Wildman–Crippen MR) is 156 cm³/mol. The molecule has 0 radical (unpaired) electrons. The molecule has 2 aromatic carbocycles. The molecule has 1 amide bonds. The lowest BCUT2D eigenvalue weighted by atomic mass is 10.00. The van der Waals surface area contributed by atoms with Gasteiger partial charge in [-0.3, -0.25) is 9.78 Å². The Hall–Kier alpha value is -3.33. The van der Waals surface area contributed by atoms with E-state index >= 15 is 0 Å². The number of nitrogens with zero attached hydrogens (tertiary/aromatic N) is 3. The van der Waals surface area contributed by atoms with Gasteiger partial charge in [-0.2, -0.15) is 0 Å². The fourth-order valence-electron chi connectivity index (χ4n) is 5.08. The topological polar surface area (TPSA) is 82.4 Å². The molecule has 3 N–H and O–H groups in total. The lowest BCUT2D eigenvalue weighted by molar-refractivity contribution is 0.0830. The Balaban J connectivity index is 1.38. The number of pyridine rings is 1. The molecule has 3 heterocycles. The highest BCUT2D eigenvalue weighted by Crippen LogP contribution is 2.38. The van der Waals surface area contributed by atoms with Crippen LogP contribution in [0.4, 0.5) is 5.69 Å². The zero-order chi connectivity index (χ0) is 26.5. The summed E-state index contributed by atoms with van der Waals surface area (Å²) < 4.78 is 4.40. The van der Waals surface area contributed by atoms with E-state index in [0.29, 0.717) is 25.1 Å². The van der Waals surface area contributed by atoms with E-state index in [1.165, 1.54) is 10.9 Å². The van der Waals surface area contributed by atoms with Crippen molar-refractivity contribution in [2.24, 2.45) is 0 Å². The molecule has 1 aliphatic heterocycles. The highest BCUT2D eigenvalue weighted by molar-refractivity contribution is 8.00. The monoisotopic (exact) mass is 529 g/mol. The molecule has 2 aromatic heterocycles. The Kier molecular flexibility index (Phi) is 8.32. The molecule has 2 atom stereocenters. The summed E-state index contributed by atoms with van der Waals surface area (Å²) in [6.07, 6.45) is 4.74. The molecular weight excluding hydrogens is 494 g/mol. The number of hydrogen-bond acceptors (Lipinski definition) is 6. The fourth-order valence-corrected chi connectivity index (χ4v) is 5.95. The number of carbonyl (C=O) groups excluding carboxylic acids is 1. The van der Waals surface area contributed by atoms with Crippen LogP contribution >= 0.6 is 11.9 Å². The molecule has 198 valence electrons. The molecule has 0 aliphatic carbocycles. The Morgan fingerprint density at radius 3 is 2.74 bits per heavy atom. The van der Waals surface area contributed by atoms with E-state index in [0.717, 1.165) is 41.2 Å². The van der Waals surface area contributed by atoms with Gasteiger partial charge in [-0.05, 0) is 67.1 Å². The minimum absolute atomic E-state index is 0.180. The van der Waals surface area contributed by atoms with Gasteiger partial charge >= 0.3 is 0 Å². The van der Waals surface area contributed by atoms with Crippen molar-refractivity contribution < 1.29 is 9.90 Å². The van der Waals surface area contributed by atoms with Gasteiger partial charge < -0.3 is 24.6 Å². The second kappa shape index (κ2) is 12.0. The standard InChI is InChI=1S/C30H35N5O2S/c1-3-35-20-22-12-14-38-34(2)26-16-23(17-27(35)29(22)26)30(37)33-25(15-21-9-5-4-6-10-21)28(36)19-31-18-24-11-7-8-13-32-24/h4-11,13,16-17,20,25,28,31,36H,3,12,14-15,18-19H2,1-2H3,(H,33,37)/t25-,28+/m0/s1. The van der Waals surface area contributed by atoms with E-state index in [1.54, 1.807) is 18.1 Å². The zero-order valence-corrected chi connectivity index (χ0v) is 22.7. The molecule has 0 spiro atoms. The van der Waals surface area contributed by atoms with E-state index in [4.69, 9.17) is 0 Å². The molecular formula is C30H35N5O2S. The number of aliphatic hydroxyl groups excluding tert-OH is 1. The molecule has 0 fully saturated rings. The molecule has 0 saturated heterocycles. The first kappa shape index (κ1) is 26.3. The van der Waals surface area contributed by atoms with Gasteiger partial charge in [0.1, 0.15) is 0 Å². The summed E-state index contributed by atoms with van der Waals surface area (Å²) in [4.78, 5) is 18.0. The summed E-state index contributed by atoms with van der Waals surface area (Å²) in [5.74, 6) is 0.827. The van der Waals surface area contributed by atoms with Gasteiger partial charge in [0.25, 0.3) is 5.91 Å². The third kappa shape index (κ3) is 5.88. The van der Waals surface area contributed by atoms with Crippen LogP contribution in [-0.2, 0) is 25.9 Å². The number of anilines is 1. The quantitative estimate of drug-likeness (QED) is 0.267. The molecule has 8 heteroatoms. The molecule has 4 aromatic rings. The second-order valence-electron chi connectivity index (χ2n) is 9.70. The van der Waals surface area contributed by atoms with Crippen LogP contribution in [0.15, 0.2) is 73.1 Å². The second-order valence-corrected chi connectivity index (χ2v) is 10.9. The Morgan fingerprint density at radius 2 is 1.97 bits per heavy atom. The number of aliphatic hydroxyl groups is 1. The van der Waals surface area contributed by atoms with E-state index < -0.39 is 12.1 Å². The van der Waals surface area contributed by atoms with Crippen LogP contribution in [0.25, 0.3) is 10.9 Å². The van der Waals surface area contributed by atoms with Gasteiger partial charge in [0.05, 0.1) is 29.0 Å². The summed E-state index contributed by atoms with van der Waals surface area (Å²) in [6.45, 7) is 3.85. The molecule has 7 nitrogen and oxygen atoms in total. The maximum atomic E-state index is 13.7. The van der Waals surface area contributed by atoms with E-state index in [2.05, 4.69) is 44.7 Å². The number of rotatable bonds is 10. The van der Waals surface area contributed by atoms with Crippen LogP contribution in [0, 0.1) is 0 Å². The van der Waals surface area contributed by atoms with Gasteiger partial charge in [0, 0.05) is 55.8 Å². The van der Waals surface area contributed by atoms with E-state index in [-0.39, 0.29) is 5.91 Å². The van der Waals surface area contributed by atoms with E-state index in [1.807, 2.05) is 60.7 Å². The van der Waals surface area contributed by atoms with Crippen molar-refractivity contribution in [1.29, 1.82) is 0 Å². The number of aryl methyl sites for hydroxylation is 2. The number of carbonyl (C=O) groups is 1. The Morgan fingerprint density at radius 1 is 1.16 bits per heavy atom. The van der Waals surface area contributed by atoms with Crippen LogP contribution in [0.5, 0.6) is 0 Å². The third-order valence-corrected chi connectivity index (χ3v) is 8.07. The van der Waals surface area contributed by atoms with Crippen LogP contribution < -0.4 is 14.9 Å². The lowest BCUT2D eigenvalue weighted by Crippen LogP contribution is -2.48. The van der Waals surface area contributed by atoms with Crippen molar-refractivity contribution in [1.82, 2.24) is 20.2 Å².